The minimum Gasteiger partial charge on any atom is -0.346 e. The zero-order chi connectivity index (χ0) is 14.1. The van der Waals surface area contributed by atoms with Gasteiger partial charge in [0, 0.05) is 23.8 Å². The highest BCUT2D eigenvalue weighted by atomic mass is 32.1. The molecule has 0 unspecified atom stereocenters. The number of fused-ring (bicyclic) bond motifs is 1. The summed E-state index contributed by atoms with van der Waals surface area (Å²) in [5, 5.41) is 15.1. The number of thiazole rings is 1. The van der Waals surface area contributed by atoms with Crippen LogP contribution in [0.1, 0.15) is 15.4 Å². The number of amides is 1. The number of nitrogens with one attached hydrogen (secondary N) is 1. The number of aromatic nitrogens is 2. The van der Waals surface area contributed by atoms with E-state index in [1.165, 1.54) is 23.5 Å². The first kappa shape index (κ1) is 12.8. The third-order valence-corrected chi connectivity index (χ3v) is 4.38. The largest absolute Gasteiger partial charge is 0.346 e. The summed E-state index contributed by atoms with van der Waals surface area (Å²) in [4.78, 5) is 27.4. The second-order valence-electron chi connectivity index (χ2n) is 3.90. The van der Waals surface area contributed by atoms with Crippen molar-refractivity contribution in [3.05, 3.63) is 50.6 Å². The quantitative estimate of drug-likeness (QED) is 0.591. The summed E-state index contributed by atoms with van der Waals surface area (Å²) in [6.45, 7) is 0.291. The molecule has 0 fully saturated rings. The normalized spacial score (nSPS) is 10.8. The molecule has 9 heteroatoms. The number of nitro groups is 1. The highest BCUT2D eigenvalue weighted by Gasteiger charge is 2.15. The van der Waals surface area contributed by atoms with Gasteiger partial charge in [0.05, 0.1) is 22.0 Å². The molecule has 0 radical (unpaired) electrons. The first-order valence-corrected chi connectivity index (χ1v) is 7.26. The Hall–Kier alpha value is -2.26. The Labute approximate surface area is 120 Å². The van der Waals surface area contributed by atoms with Gasteiger partial charge in [-0.05, 0) is 6.07 Å². The molecule has 0 atom stereocenters. The third kappa shape index (κ3) is 2.40. The van der Waals surface area contributed by atoms with Gasteiger partial charge in [0.1, 0.15) is 0 Å². The van der Waals surface area contributed by atoms with Crippen LogP contribution < -0.4 is 5.32 Å². The fourth-order valence-electron chi connectivity index (χ4n) is 1.67. The van der Waals surface area contributed by atoms with Gasteiger partial charge in [-0.15, -0.1) is 11.3 Å². The molecule has 1 amide bonds. The van der Waals surface area contributed by atoms with Gasteiger partial charge in [0.25, 0.3) is 5.91 Å². The highest BCUT2D eigenvalue weighted by molar-refractivity contribution is 7.17. The van der Waals surface area contributed by atoms with E-state index in [0.717, 1.165) is 22.0 Å². The zero-order valence-corrected chi connectivity index (χ0v) is 11.6. The molecule has 0 aliphatic carbocycles. The minimum atomic E-state index is -0.509. The van der Waals surface area contributed by atoms with Crippen LogP contribution in [0.3, 0.4) is 0 Å². The summed E-state index contributed by atoms with van der Waals surface area (Å²) in [7, 11) is 0. The number of carbonyl (C=O) groups excluding carboxylic acids is 1. The number of carbonyl (C=O) groups is 1. The second kappa shape index (κ2) is 5.02. The molecule has 0 bridgehead atoms. The average molecular weight is 308 g/mol. The van der Waals surface area contributed by atoms with Gasteiger partial charge < -0.3 is 5.32 Å². The average Bonchev–Trinajstić information content (AvgIpc) is 3.10. The van der Waals surface area contributed by atoms with Gasteiger partial charge in [0.2, 0.25) is 0 Å². The van der Waals surface area contributed by atoms with Gasteiger partial charge in [-0.3, -0.25) is 19.3 Å². The van der Waals surface area contributed by atoms with Gasteiger partial charge in [-0.1, -0.05) is 11.3 Å². The van der Waals surface area contributed by atoms with E-state index in [1.54, 1.807) is 0 Å². The lowest BCUT2D eigenvalue weighted by Gasteiger charge is -1.99. The number of thiophene rings is 1. The highest BCUT2D eigenvalue weighted by Crippen LogP contribution is 2.23. The number of hydrogen-bond donors (Lipinski definition) is 1. The Morgan fingerprint density at radius 1 is 1.50 bits per heavy atom. The maximum Gasteiger partial charge on any atom is 0.324 e. The van der Waals surface area contributed by atoms with Crippen LogP contribution in [0.5, 0.6) is 0 Å². The summed E-state index contributed by atoms with van der Waals surface area (Å²) in [5.41, 5.74) is 0.747. The first-order valence-electron chi connectivity index (χ1n) is 5.57. The Kier molecular flexibility index (Phi) is 3.20. The molecule has 7 nitrogen and oxygen atoms in total. The molecule has 0 aliphatic rings. The number of hydrogen-bond acceptors (Lipinski definition) is 6. The molecule has 3 heterocycles. The molecular formula is C11H8N4O3S2. The van der Waals surface area contributed by atoms with Crippen molar-refractivity contribution in [3.8, 4) is 0 Å². The molecule has 3 aromatic heterocycles. The van der Waals surface area contributed by atoms with Gasteiger partial charge in [-0.25, -0.2) is 4.98 Å². The van der Waals surface area contributed by atoms with E-state index in [2.05, 4.69) is 10.3 Å². The fraction of sp³-hybridized carbons (Fsp3) is 0.0909. The van der Waals surface area contributed by atoms with E-state index in [9.17, 15) is 14.9 Å². The molecular weight excluding hydrogens is 300 g/mol. The molecule has 3 aromatic rings. The summed E-state index contributed by atoms with van der Waals surface area (Å²) in [6, 6.07) is 2.77. The lowest BCUT2D eigenvalue weighted by Crippen LogP contribution is -2.21. The van der Waals surface area contributed by atoms with Crippen LogP contribution in [0.2, 0.25) is 0 Å². The Morgan fingerprint density at radius 3 is 3.05 bits per heavy atom. The number of nitrogens with zero attached hydrogens (tertiary/aromatic N) is 3. The predicted octanol–water partition coefficient (Wildman–Crippen LogP) is 2.30. The SMILES string of the molecule is O=C(NCc1cn2ccsc2n1)c1ccc([N+](=O)[O-])s1. The van der Waals surface area contributed by atoms with Crippen molar-refractivity contribution >= 4 is 38.5 Å². The summed E-state index contributed by atoms with van der Waals surface area (Å²) < 4.78 is 1.88. The van der Waals surface area contributed by atoms with Crippen molar-refractivity contribution in [2.24, 2.45) is 0 Å². The molecule has 102 valence electrons. The summed E-state index contributed by atoms with van der Waals surface area (Å²) in [5.74, 6) is -0.334. The molecule has 0 saturated heterocycles. The predicted molar refractivity (Wildman–Crippen MR) is 75.2 cm³/mol. The van der Waals surface area contributed by atoms with Crippen LogP contribution in [0.25, 0.3) is 4.96 Å². The molecule has 20 heavy (non-hydrogen) atoms. The van der Waals surface area contributed by atoms with E-state index in [-0.39, 0.29) is 10.9 Å². The summed E-state index contributed by atoms with van der Waals surface area (Å²) >= 11 is 2.37. The molecule has 0 aromatic carbocycles. The van der Waals surface area contributed by atoms with E-state index >= 15 is 0 Å². The van der Waals surface area contributed by atoms with E-state index in [0.29, 0.717) is 11.4 Å². The molecule has 0 saturated carbocycles. The zero-order valence-electron chi connectivity index (χ0n) is 9.98. The molecule has 0 spiro atoms. The number of imidazole rings is 1. The third-order valence-electron chi connectivity index (χ3n) is 2.57. The maximum atomic E-state index is 11.9. The van der Waals surface area contributed by atoms with Crippen LogP contribution in [0.4, 0.5) is 5.00 Å². The summed E-state index contributed by atoms with van der Waals surface area (Å²) in [6.07, 6.45) is 3.73. The lowest BCUT2D eigenvalue weighted by atomic mass is 10.4. The van der Waals surface area contributed by atoms with Crippen LogP contribution in [0, 0.1) is 10.1 Å². The Balaban J connectivity index is 1.66. The fourth-order valence-corrected chi connectivity index (χ4v) is 3.12. The minimum absolute atomic E-state index is 0.0438. The maximum absolute atomic E-state index is 11.9. The second-order valence-corrected chi connectivity index (χ2v) is 5.84. The Morgan fingerprint density at radius 2 is 2.35 bits per heavy atom. The molecule has 0 aliphatic heterocycles. The smallest absolute Gasteiger partial charge is 0.324 e. The standard InChI is InChI=1S/C11H8N4O3S2/c16-10(8-1-2-9(20-8)15(17)18)12-5-7-6-14-3-4-19-11(14)13-7/h1-4,6H,5H2,(H,12,16). The van der Waals surface area contributed by atoms with E-state index in [4.69, 9.17) is 0 Å². The van der Waals surface area contributed by atoms with Crippen molar-refractivity contribution in [2.75, 3.05) is 0 Å². The Bertz CT molecular complexity index is 760. The molecule has 3 rings (SSSR count). The van der Waals surface area contributed by atoms with Crippen LogP contribution in [-0.4, -0.2) is 20.2 Å². The van der Waals surface area contributed by atoms with Gasteiger partial charge in [0.15, 0.2) is 4.96 Å². The van der Waals surface area contributed by atoms with Crippen molar-refractivity contribution in [3.63, 3.8) is 0 Å². The van der Waals surface area contributed by atoms with Crippen LogP contribution in [0.15, 0.2) is 29.9 Å². The first-order chi connectivity index (χ1) is 9.63. The van der Waals surface area contributed by atoms with E-state index < -0.39 is 4.92 Å². The van der Waals surface area contributed by atoms with Gasteiger partial charge >= 0.3 is 5.00 Å². The van der Waals surface area contributed by atoms with Crippen molar-refractivity contribution < 1.29 is 9.72 Å². The monoisotopic (exact) mass is 308 g/mol. The van der Waals surface area contributed by atoms with E-state index in [1.807, 2.05) is 22.2 Å². The number of rotatable bonds is 4. The topological polar surface area (TPSA) is 89.5 Å². The van der Waals surface area contributed by atoms with Crippen molar-refractivity contribution in [1.82, 2.24) is 14.7 Å². The van der Waals surface area contributed by atoms with Gasteiger partial charge in [-0.2, -0.15) is 0 Å². The van der Waals surface area contributed by atoms with Crippen LogP contribution in [-0.2, 0) is 6.54 Å². The molecule has 1 N–H and O–H groups in total. The van der Waals surface area contributed by atoms with Crippen molar-refractivity contribution in [2.45, 2.75) is 6.54 Å². The lowest BCUT2D eigenvalue weighted by molar-refractivity contribution is -0.380. The van der Waals surface area contributed by atoms with Crippen molar-refractivity contribution in [1.29, 1.82) is 0 Å². The van der Waals surface area contributed by atoms with Crippen LogP contribution >= 0.6 is 22.7 Å².